The minimum Gasteiger partial charge on any atom is -0.503 e. The molecule has 3 rings (SSSR count). The first kappa shape index (κ1) is 18.0. The summed E-state index contributed by atoms with van der Waals surface area (Å²) in [5.41, 5.74) is 1.56. The van der Waals surface area contributed by atoms with E-state index >= 15 is 0 Å². The van der Waals surface area contributed by atoms with E-state index in [9.17, 15) is 19.5 Å². The van der Waals surface area contributed by atoms with Gasteiger partial charge in [-0.3, -0.25) is 14.4 Å². The largest absolute Gasteiger partial charge is 0.503 e. The van der Waals surface area contributed by atoms with Crippen molar-refractivity contribution in [1.29, 1.82) is 0 Å². The number of amides is 3. The van der Waals surface area contributed by atoms with Crippen molar-refractivity contribution in [1.82, 2.24) is 15.1 Å². The van der Waals surface area contributed by atoms with Crippen LogP contribution in [0.3, 0.4) is 0 Å². The second-order valence-electron chi connectivity index (χ2n) is 6.72. The number of carbonyl (C=O) groups is 3. The van der Waals surface area contributed by atoms with Crippen molar-refractivity contribution in [3.63, 3.8) is 0 Å². The van der Waals surface area contributed by atoms with Gasteiger partial charge in [0.2, 0.25) is 0 Å². The van der Waals surface area contributed by atoms with Gasteiger partial charge < -0.3 is 20.2 Å². The second kappa shape index (κ2) is 7.59. The highest BCUT2D eigenvalue weighted by atomic mass is 16.3. The summed E-state index contributed by atoms with van der Waals surface area (Å²) >= 11 is 0. The molecule has 2 aliphatic rings. The SMILES string of the molecule is CN1CC(C(=O)NCc2ccc(C(=O)N3CCCCC3)cc2)=C(O)C1=O. The maximum Gasteiger partial charge on any atom is 0.289 e. The van der Waals surface area contributed by atoms with Crippen LogP contribution in [0.5, 0.6) is 0 Å². The van der Waals surface area contributed by atoms with Crippen LogP contribution in [0.15, 0.2) is 35.6 Å². The zero-order valence-electron chi connectivity index (χ0n) is 14.8. The van der Waals surface area contributed by atoms with Gasteiger partial charge >= 0.3 is 0 Å². The normalized spacial score (nSPS) is 17.7. The number of benzene rings is 1. The van der Waals surface area contributed by atoms with E-state index in [1.807, 2.05) is 4.90 Å². The lowest BCUT2D eigenvalue weighted by Crippen LogP contribution is -2.35. The maximum atomic E-state index is 12.4. The molecule has 1 saturated heterocycles. The van der Waals surface area contributed by atoms with Crippen LogP contribution in [0.2, 0.25) is 0 Å². The molecule has 1 aromatic rings. The Kier molecular flexibility index (Phi) is 5.25. The van der Waals surface area contributed by atoms with Crippen molar-refractivity contribution in [3.05, 3.63) is 46.7 Å². The Hall–Kier alpha value is -2.83. The zero-order chi connectivity index (χ0) is 18.7. The van der Waals surface area contributed by atoms with E-state index in [-0.39, 0.29) is 24.6 Å². The fraction of sp³-hybridized carbons (Fsp3) is 0.421. The number of rotatable bonds is 4. The molecule has 2 heterocycles. The van der Waals surface area contributed by atoms with Gasteiger partial charge in [-0.25, -0.2) is 0 Å². The summed E-state index contributed by atoms with van der Waals surface area (Å²) in [5.74, 6) is -1.46. The van der Waals surface area contributed by atoms with Gasteiger partial charge in [0.05, 0.1) is 12.1 Å². The Labute approximate surface area is 152 Å². The van der Waals surface area contributed by atoms with Gasteiger partial charge in [0.25, 0.3) is 17.7 Å². The van der Waals surface area contributed by atoms with Crippen molar-refractivity contribution in [2.75, 3.05) is 26.7 Å². The number of piperidine rings is 1. The van der Waals surface area contributed by atoms with E-state index in [2.05, 4.69) is 5.32 Å². The zero-order valence-corrected chi connectivity index (χ0v) is 14.8. The van der Waals surface area contributed by atoms with Crippen LogP contribution in [0.4, 0.5) is 0 Å². The van der Waals surface area contributed by atoms with Gasteiger partial charge in [-0.05, 0) is 37.0 Å². The number of nitrogens with one attached hydrogen (secondary N) is 1. The summed E-state index contributed by atoms with van der Waals surface area (Å²) < 4.78 is 0. The average molecular weight is 357 g/mol. The van der Waals surface area contributed by atoms with Crippen LogP contribution in [-0.4, -0.2) is 59.3 Å². The first-order valence-electron chi connectivity index (χ1n) is 8.81. The summed E-state index contributed by atoms with van der Waals surface area (Å²) in [6.07, 6.45) is 3.28. The number of likely N-dealkylation sites (N-methyl/N-ethyl adjacent to an activating group) is 1. The maximum absolute atomic E-state index is 12.4. The number of hydrogen-bond donors (Lipinski definition) is 2. The molecule has 0 saturated carbocycles. The van der Waals surface area contributed by atoms with Gasteiger partial charge in [0.15, 0.2) is 5.76 Å². The molecule has 2 N–H and O–H groups in total. The highest BCUT2D eigenvalue weighted by molar-refractivity contribution is 6.06. The molecule has 0 unspecified atom stereocenters. The number of aliphatic hydroxyl groups excluding tert-OH is 1. The molecule has 3 amide bonds. The Morgan fingerprint density at radius 3 is 2.35 bits per heavy atom. The van der Waals surface area contributed by atoms with Gasteiger partial charge in [-0.15, -0.1) is 0 Å². The summed E-state index contributed by atoms with van der Waals surface area (Å²) in [5, 5.41) is 12.4. The lowest BCUT2D eigenvalue weighted by molar-refractivity contribution is -0.126. The van der Waals surface area contributed by atoms with Crippen molar-refractivity contribution in [3.8, 4) is 0 Å². The van der Waals surface area contributed by atoms with E-state index in [4.69, 9.17) is 0 Å². The summed E-state index contributed by atoms with van der Waals surface area (Å²) in [6, 6.07) is 7.14. The summed E-state index contributed by atoms with van der Waals surface area (Å²) in [6.45, 7) is 1.97. The molecule has 0 spiro atoms. The second-order valence-corrected chi connectivity index (χ2v) is 6.72. The molecular weight excluding hydrogens is 334 g/mol. The first-order chi connectivity index (χ1) is 12.5. The van der Waals surface area contributed by atoms with Crippen LogP contribution >= 0.6 is 0 Å². The molecule has 7 nitrogen and oxygen atoms in total. The quantitative estimate of drug-likeness (QED) is 0.848. The molecular formula is C19H23N3O4. The van der Waals surface area contributed by atoms with Gasteiger partial charge in [0, 0.05) is 32.2 Å². The van der Waals surface area contributed by atoms with Crippen LogP contribution in [-0.2, 0) is 16.1 Å². The molecule has 0 atom stereocenters. The third kappa shape index (κ3) is 3.71. The fourth-order valence-electron chi connectivity index (χ4n) is 3.21. The van der Waals surface area contributed by atoms with Gasteiger partial charge in [-0.2, -0.15) is 0 Å². The molecule has 138 valence electrons. The van der Waals surface area contributed by atoms with Crippen molar-refractivity contribution in [2.45, 2.75) is 25.8 Å². The number of nitrogens with zero attached hydrogens (tertiary/aromatic N) is 2. The standard InChI is InChI=1S/C19H23N3O4/c1-21-12-15(16(23)19(21)26)17(24)20-11-13-5-7-14(8-6-13)18(25)22-9-3-2-4-10-22/h5-8,23H,2-4,9-12H2,1H3,(H,20,24). The first-order valence-corrected chi connectivity index (χ1v) is 8.81. The minimum absolute atomic E-state index is 0.0443. The Morgan fingerprint density at radius 2 is 1.77 bits per heavy atom. The topological polar surface area (TPSA) is 90.0 Å². The van der Waals surface area contributed by atoms with Crippen LogP contribution in [0, 0.1) is 0 Å². The lowest BCUT2D eigenvalue weighted by atomic mass is 10.1. The Balaban J connectivity index is 1.57. The van der Waals surface area contributed by atoms with E-state index in [0.29, 0.717) is 5.56 Å². The minimum atomic E-state index is -0.546. The lowest BCUT2D eigenvalue weighted by Gasteiger charge is -2.26. The van der Waals surface area contributed by atoms with Crippen molar-refractivity contribution in [2.24, 2.45) is 0 Å². The van der Waals surface area contributed by atoms with E-state index in [1.54, 1.807) is 24.3 Å². The number of carbonyl (C=O) groups excluding carboxylic acids is 3. The van der Waals surface area contributed by atoms with E-state index < -0.39 is 17.6 Å². The molecule has 2 aliphatic heterocycles. The van der Waals surface area contributed by atoms with E-state index in [1.165, 1.54) is 18.4 Å². The average Bonchev–Trinajstić information content (AvgIpc) is 2.94. The summed E-state index contributed by atoms with van der Waals surface area (Å²) in [7, 11) is 1.52. The Bertz CT molecular complexity index is 749. The number of aliphatic hydroxyl groups is 1. The highest BCUT2D eigenvalue weighted by Gasteiger charge is 2.31. The molecule has 1 fully saturated rings. The van der Waals surface area contributed by atoms with Crippen molar-refractivity contribution < 1.29 is 19.5 Å². The van der Waals surface area contributed by atoms with Crippen molar-refractivity contribution >= 4 is 17.7 Å². The monoisotopic (exact) mass is 357 g/mol. The predicted molar refractivity (Wildman–Crippen MR) is 95.3 cm³/mol. The van der Waals surface area contributed by atoms with Crippen LogP contribution in [0.25, 0.3) is 0 Å². The third-order valence-corrected chi connectivity index (χ3v) is 4.80. The third-order valence-electron chi connectivity index (χ3n) is 4.80. The summed E-state index contributed by atoms with van der Waals surface area (Å²) in [4.78, 5) is 39.3. The van der Waals surface area contributed by atoms with Crippen LogP contribution < -0.4 is 5.32 Å². The number of hydrogen-bond acceptors (Lipinski definition) is 4. The predicted octanol–water partition coefficient (Wildman–Crippen LogP) is 1.21. The smallest absolute Gasteiger partial charge is 0.289 e. The molecule has 0 aromatic heterocycles. The fourth-order valence-corrected chi connectivity index (χ4v) is 3.21. The van der Waals surface area contributed by atoms with Gasteiger partial charge in [0.1, 0.15) is 0 Å². The Morgan fingerprint density at radius 1 is 1.12 bits per heavy atom. The van der Waals surface area contributed by atoms with Gasteiger partial charge in [-0.1, -0.05) is 12.1 Å². The molecule has 0 radical (unpaired) electrons. The molecule has 7 heteroatoms. The van der Waals surface area contributed by atoms with Crippen LogP contribution in [0.1, 0.15) is 35.2 Å². The number of likely N-dealkylation sites (tertiary alicyclic amines) is 1. The molecule has 0 bridgehead atoms. The van der Waals surface area contributed by atoms with E-state index in [0.717, 1.165) is 31.5 Å². The highest BCUT2D eigenvalue weighted by Crippen LogP contribution is 2.16. The molecule has 0 aliphatic carbocycles. The molecule has 26 heavy (non-hydrogen) atoms. The molecule has 1 aromatic carbocycles.